The zero-order valence-electron chi connectivity index (χ0n) is 18.9. The number of halogens is 1. The molecule has 0 aliphatic carbocycles. The molecule has 1 aliphatic rings. The van der Waals surface area contributed by atoms with E-state index in [1.165, 1.54) is 38.0 Å². The molecule has 0 spiro atoms. The average molecular weight is 434 g/mol. The van der Waals surface area contributed by atoms with Gasteiger partial charge in [-0.3, -0.25) is 0 Å². The molecule has 31 heavy (non-hydrogen) atoms. The van der Waals surface area contributed by atoms with E-state index in [-0.39, 0.29) is 11.7 Å². The number of hydrogen-bond donors (Lipinski definition) is 0. The van der Waals surface area contributed by atoms with Gasteiger partial charge in [-0.15, -0.1) is 0 Å². The molecule has 0 saturated heterocycles. The summed E-state index contributed by atoms with van der Waals surface area (Å²) in [6, 6.07) is 9.97. The van der Waals surface area contributed by atoms with Crippen LogP contribution in [0.15, 0.2) is 60.3 Å². The number of allylic oxidation sites excluding steroid dienone is 4. The van der Waals surface area contributed by atoms with Crippen molar-refractivity contribution in [2.75, 3.05) is 11.9 Å². The van der Waals surface area contributed by atoms with Crippen LogP contribution >= 0.6 is 11.3 Å². The van der Waals surface area contributed by atoms with Crippen molar-refractivity contribution in [1.29, 1.82) is 0 Å². The maximum Gasteiger partial charge on any atom is 0.262 e. The monoisotopic (exact) mass is 433 g/mol. The van der Waals surface area contributed by atoms with Crippen molar-refractivity contribution in [2.45, 2.75) is 46.6 Å². The van der Waals surface area contributed by atoms with E-state index in [1.54, 1.807) is 6.07 Å². The number of thiazole rings is 1. The lowest BCUT2D eigenvalue weighted by atomic mass is 9.90. The summed E-state index contributed by atoms with van der Waals surface area (Å²) in [6.07, 6.45) is 11.7. The van der Waals surface area contributed by atoms with Crippen LogP contribution in [-0.4, -0.2) is 7.05 Å². The third-order valence-corrected chi connectivity index (χ3v) is 7.27. The molecule has 1 aromatic heterocycles. The van der Waals surface area contributed by atoms with Gasteiger partial charge < -0.3 is 4.90 Å². The summed E-state index contributed by atoms with van der Waals surface area (Å²) in [5, 5.41) is 1.27. The molecule has 0 N–H and O–H groups in total. The first-order valence-electron chi connectivity index (χ1n) is 10.9. The van der Waals surface area contributed by atoms with E-state index < -0.39 is 0 Å². The molecular formula is C27H30FN2S+. The summed E-state index contributed by atoms with van der Waals surface area (Å²) in [5.41, 5.74) is 6.95. The molecule has 0 bridgehead atoms. The number of nitrogens with zero attached hydrogens (tertiary/aromatic N) is 2. The highest BCUT2D eigenvalue weighted by atomic mass is 32.1. The highest BCUT2D eigenvalue weighted by molar-refractivity contribution is 7.18. The summed E-state index contributed by atoms with van der Waals surface area (Å²) in [6.45, 7) is 9.64. The van der Waals surface area contributed by atoms with Gasteiger partial charge >= 0.3 is 0 Å². The van der Waals surface area contributed by atoms with Crippen molar-refractivity contribution in [1.82, 2.24) is 0 Å². The molecular weight excluding hydrogens is 403 g/mol. The van der Waals surface area contributed by atoms with Crippen molar-refractivity contribution in [3.8, 4) is 0 Å². The van der Waals surface area contributed by atoms with E-state index in [9.17, 15) is 4.39 Å². The molecule has 0 saturated carbocycles. The first kappa shape index (κ1) is 21.5. The second kappa shape index (κ2) is 8.80. The number of rotatable bonds is 5. The van der Waals surface area contributed by atoms with E-state index in [0.29, 0.717) is 5.69 Å². The molecule has 2 aromatic carbocycles. The summed E-state index contributed by atoms with van der Waals surface area (Å²) >= 11 is 1.84. The lowest BCUT2D eigenvalue weighted by Crippen LogP contribution is -2.33. The van der Waals surface area contributed by atoms with Gasteiger partial charge in [0.2, 0.25) is 5.52 Å². The fourth-order valence-corrected chi connectivity index (χ4v) is 5.42. The molecule has 2 nitrogen and oxygen atoms in total. The summed E-state index contributed by atoms with van der Waals surface area (Å²) in [4.78, 5) is 1.87. The second-order valence-corrected chi connectivity index (χ2v) is 9.40. The summed E-state index contributed by atoms with van der Waals surface area (Å²) in [7, 11) is 1.90. The Hall–Kier alpha value is -2.72. The molecule has 1 aliphatic heterocycles. The Morgan fingerprint density at radius 2 is 2.00 bits per heavy atom. The summed E-state index contributed by atoms with van der Waals surface area (Å²) in [5.74, 6) is 0.0374. The van der Waals surface area contributed by atoms with Crippen LogP contribution in [0.1, 0.15) is 47.9 Å². The first-order chi connectivity index (χ1) is 14.9. The van der Waals surface area contributed by atoms with Gasteiger partial charge in [0.1, 0.15) is 17.1 Å². The van der Waals surface area contributed by atoms with E-state index in [2.05, 4.69) is 68.7 Å². The Morgan fingerprint density at radius 3 is 2.77 bits per heavy atom. The topological polar surface area (TPSA) is 7.12 Å². The average Bonchev–Trinajstić information content (AvgIpc) is 3.08. The molecule has 1 atom stereocenters. The third-order valence-electron chi connectivity index (χ3n) is 6.16. The number of anilines is 1. The highest BCUT2D eigenvalue weighted by Crippen LogP contribution is 2.36. The molecule has 160 valence electrons. The van der Waals surface area contributed by atoms with Gasteiger partial charge in [-0.05, 0) is 62.9 Å². The van der Waals surface area contributed by atoms with E-state index in [1.807, 2.05) is 35.6 Å². The molecule has 3 aromatic rings. The van der Waals surface area contributed by atoms with Gasteiger partial charge in [-0.2, -0.15) is 4.57 Å². The van der Waals surface area contributed by atoms with Crippen LogP contribution in [0.25, 0.3) is 16.3 Å². The van der Waals surface area contributed by atoms with Crippen molar-refractivity contribution in [3.63, 3.8) is 0 Å². The smallest absolute Gasteiger partial charge is 0.262 e. The van der Waals surface area contributed by atoms with Crippen molar-refractivity contribution in [2.24, 2.45) is 0 Å². The lowest BCUT2D eigenvalue weighted by molar-refractivity contribution is -0.665. The Kier molecular flexibility index (Phi) is 6.10. The number of hydrogen-bond acceptors (Lipinski definition) is 2. The normalized spacial score (nSPS) is 16.5. The van der Waals surface area contributed by atoms with Crippen LogP contribution < -0.4 is 9.47 Å². The van der Waals surface area contributed by atoms with Crippen LogP contribution in [0.2, 0.25) is 0 Å². The molecule has 0 radical (unpaired) electrons. The highest BCUT2D eigenvalue weighted by Gasteiger charge is 2.21. The van der Waals surface area contributed by atoms with Crippen LogP contribution in [0.5, 0.6) is 0 Å². The zero-order valence-corrected chi connectivity index (χ0v) is 19.8. The number of aromatic nitrogens is 1. The largest absolute Gasteiger partial charge is 0.349 e. The van der Waals surface area contributed by atoms with Crippen molar-refractivity contribution in [3.05, 3.63) is 87.8 Å². The number of aryl methyl sites for hydroxylation is 3. The molecule has 0 fully saturated rings. The fraction of sp³-hybridized carbons (Fsp3) is 0.296. The predicted molar refractivity (Wildman–Crippen MR) is 131 cm³/mol. The minimum atomic E-state index is -0.158. The Labute approximate surface area is 188 Å². The molecule has 2 heterocycles. The standard InChI is InChI=1S/C27H30FN2S/c1-6-30-24-16-19(3)20(4)17-25(24)31-26(30)13-11-18(2)10-12-21-14-15-29(5)27-22(21)8-7-9-23(27)28/h7-11,13-17,21H,6,12H2,1-5H3/q+1/b13-11-,18-10-. The second-order valence-electron chi connectivity index (χ2n) is 8.34. The molecule has 4 rings (SSSR count). The van der Waals surface area contributed by atoms with Gasteiger partial charge in [-0.1, -0.05) is 47.3 Å². The van der Waals surface area contributed by atoms with Crippen molar-refractivity contribution < 1.29 is 8.96 Å². The SMILES string of the molecule is CC[n+]1c(/C=C\C(C)=C/CC2C=CN(C)c3c(F)cccc32)sc2cc(C)c(C)cc21. The Balaban J connectivity index is 1.56. The molecule has 0 amide bonds. The third kappa shape index (κ3) is 4.22. The van der Waals surface area contributed by atoms with Crippen LogP contribution in [0, 0.1) is 19.7 Å². The first-order valence-corrected chi connectivity index (χ1v) is 11.7. The van der Waals surface area contributed by atoms with Gasteiger partial charge in [0, 0.05) is 31.3 Å². The minimum Gasteiger partial charge on any atom is -0.349 e. The van der Waals surface area contributed by atoms with Crippen LogP contribution in [0.3, 0.4) is 0 Å². The number of para-hydroxylation sites is 1. The van der Waals surface area contributed by atoms with E-state index >= 15 is 0 Å². The van der Waals surface area contributed by atoms with Crippen LogP contribution in [-0.2, 0) is 6.54 Å². The van der Waals surface area contributed by atoms with Gasteiger partial charge in [0.15, 0.2) is 0 Å². The fourth-order valence-electron chi connectivity index (χ4n) is 4.21. The summed E-state index contributed by atoms with van der Waals surface area (Å²) < 4.78 is 18.0. The Bertz CT molecular complexity index is 1220. The van der Waals surface area contributed by atoms with Gasteiger partial charge in [-0.25, -0.2) is 4.39 Å². The lowest BCUT2D eigenvalue weighted by Gasteiger charge is -2.27. The maximum absolute atomic E-state index is 14.3. The van der Waals surface area contributed by atoms with Crippen molar-refractivity contribution >= 4 is 33.3 Å². The van der Waals surface area contributed by atoms with Gasteiger partial charge in [0.05, 0.1) is 5.69 Å². The number of fused-ring (bicyclic) bond motifs is 2. The quantitative estimate of drug-likeness (QED) is 0.308. The minimum absolute atomic E-state index is 0.158. The van der Waals surface area contributed by atoms with E-state index in [0.717, 1.165) is 18.5 Å². The zero-order chi connectivity index (χ0) is 22.1. The number of benzene rings is 2. The maximum atomic E-state index is 14.3. The molecule has 1 unspecified atom stereocenters. The van der Waals surface area contributed by atoms with Crippen LogP contribution in [0.4, 0.5) is 10.1 Å². The Morgan fingerprint density at radius 1 is 1.23 bits per heavy atom. The predicted octanol–water partition coefficient (Wildman–Crippen LogP) is 7.06. The van der Waals surface area contributed by atoms with E-state index in [4.69, 9.17) is 0 Å². The van der Waals surface area contributed by atoms with Gasteiger partial charge in [0.25, 0.3) is 5.01 Å². The molecule has 4 heteroatoms.